The highest BCUT2D eigenvalue weighted by Crippen LogP contribution is 2.29. The average molecular weight is 353 g/mol. The highest BCUT2D eigenvalue weighted by atomic mass is 32.1. The summed E-state index contributed by atoms with van der Waals surface area (Å²) in [5.74, 6) is 0.126. The number of rotatable bonds is 7. The van der Waals surface area contributed by atoms with Crippen molar-refractivity contribution in [2.75, 3.05) is 51.3 Å². The van der Waals surface area contributed by atoms with E-state index in [0.717, 1.165) is 56.3 Å². The number of hydrogen-bond donors (Lipinski definition) is 2. The Labute approximate surface area is 148 Å². The zero-order chi connectivity index (χ0) is 16.8. The molecule has 0 aliphatic carbocycles. The van der Waals surface area contributed by atoms with Gasteiger partial charge < -0.3 is 20.3 Å². The molecule has 0 bridgehead atoms. The van der Waals surface area contributed by atoms with Crippen molar-refractivity contribution in [1.29, 1.82) is 0 Å². The van der Waals surface area contributed by atoms with Gasteiger partial charge in [0.2, 0.25) is 5.91 Å². The molecule has 0 aromatic carbocycles. The predicted molar refractivity (Wildman–Crippen MR) is 96.7 cm³/mol. The van der Waals surface area contributed by atoms with E-state index in [1.54, 1.807) is 18.4 Å². The lowest BCUT2D eigenvalue weighted by atomic mass is 9.78. The van der Waals surface area contributed by atoms with Gasteiger partial charge in [-0.15, -0.1) is 11.3 Å². The largest absolute Gasteiger partial charge is 0.384 e. The fourth-order valence-electron chi connectivity index (χ4n) is 3.57. The number of piperidine rings is 1. The van der Waals surface area contributed by atoms with Crippen LogP contribution >= 0.6 is 11.3 Å². The predicted octanol–water partition coefficient (Wildman–Crippen LogP) is 1.42. The molecule has 0 spiro atoms. The van der Waals surface area contributed by atoms with Crippen molar-refractivity contribution in [2.45, 2.75) is 32.1 Å². The van der Waals surface area contributed by atoms with Crippen LogP contribution in [0.2, 0.25) is 0 Å². The second kappa shape index (κ2) is 8.27. The molecule has 0 saturated carbocycles. The number of carbonyl (C=O) groups is 1. The SMILES string of the molecule is COCC1(C(=O)NCCc2csc(N3CCCC3)n2)CCNCC1. The molecule has 2 N–H and O–H groups in total. The van der Waals surface area contributed by atoms with Gasteiger partial charge in [0.15, 0.2) is 5.13 Å². The Balaban J connectivity index is 1.49. The molecule has 24 heavy (non-hydrogen) atoms. The molecule has 2 aliphatic rings. The first kappa shape index (κ1) is 17.6. The molecule has 2 saturated heterocycles. The molecule has 0 radical (unpaired) electrons. The molecule has 1 aromatic rings. The number of nitrogens with zero attached hydrogens (tertiary/aromatic N) is 2. The van der Waals surface area contributed by atoms with Gasteiger partial charge in [0.05, 0.1) is 17.7 Å². The molecule has 2 aliphatic heterocycles. The van der Waals surface area contributed by atoms with E-state index in [2.05, 4.69) is 20.9 Å². The normalized spacial score (nSPS) is 20.3. The van der Waals surface area contributed by atoms with Gasteiger partial charge >= 0.3 is 0 Å². The molecule has 2 fully saturated rings. The molecule has 1 aromatic heterocycles. The molecule has 7 heteroatoms. The molecule has 134 valence electrons. The maximum absolute atomic E-state index is 12.7. The first-order valence-corrected chi connectivity index (χ1v) is 9.79. The minimum absolute atomic E-state index is 0.126. The second-order valence-electron chi connectivity index (χ2n) is 6.78. The van der Waals surface area contributed by atoms with E-state index in [9.17, 15) is 4.79 Å². The van der Waals surface area contributed by atoms with Crippen LogP contribution in [-0.2, 0) is 16.0 Å². The number of carbonyl (C=O) groups excluding carboxylic acids is 1. The Bertz CT molecular complexity index is 531. The number of nitrogens with one attached hydrogen (secondary N) is 2. The molecule has 3 rings (SSSR count). The number of methoxy groups -OCH3 is 1. The van der Waals surface area contributed by atoms with Crippen molar-refractivity contribution in [3.8, 4) is 0 Å². The van der Waals surface area contributed by atoms with Crippen molar-refractivity contribution in [1.82, 2.24) is 15.6 Å². The van der Waals surface area contributed by atoms with E-state index in [0.29, 0.717) is 13.2 Å². The Morgan fingerprint density at radius 3 is 2.88 bits per heavy atom. The van der Waals surface area contributed by atoms with E-state index in [1.165, 1.54) is 12.8 Å². The zero-order valence-corrected chi connectivity index (χ0v) is 15.3. The quantitative estimate of drug-likeness (QED) is 0.777. The maximum atomic E-state index is 12.7. The van der Waals surface area contributed by atoms with Crippen molar-refractivity contribution < 1.29 is 9.53 Å². The summed E-state index contributed by atoms with van der Waals surface area (Å²) in [5.41, 5.74) is 0.705. The summed E-state index contributed by atoms with van der Waals surface area (Å²) in [5, 5.41) is 9.67. The van der Waals surface area contributed by atoms with Crippen LogP contribution in [0.5, 0.6) is 0 Å². The van der Waals surface area contributed by atoms with Crippen molar-refractivity contribution in [3.05, 3.63) is 11.1 Å². The number of ether oxygens (including phenoxy) is 1. The molecule has 0 unspecified atom stereocenters. The fraction of sp³-hybridized carbons (Fsp3) is 0.765. The molecule has 6 nitrogen and oxygen atoms in total. The van der Waals surface area contributed by atoms with Crippen LogP contribution in [0.4, 0.5) is 5.13 Å². The van der Waals surface area contributed by atoms with Crippen molar-refractivity contribution >= 4 is 22.4 Å². The van der Waals surface area contributed by atoms with Gasteiger partial charge in [-0.2, -0.15) is 0 Å². The van der Waals surface area contributed by atoms with Crippen LogP contribution in [0.3, 0.4) is 0 Å². The Kier molecular flexibility index (Phi) is 6.08. The smallest absolute Gasteiger partial charge is 0.228 e. The molecule has 0 atom stereocenters. The van der Waals surface area contributed by atoms with Crippen LogP contribution in [0.15, 0.2) is 5.38 Å². The van der Waals surface area contributed by atoms with Crippen molar-refractivity contribution in [3.63, 3.8) is 0 Å². The zero-order valence-electron chi connectivity index (χ0n) is 14.5. The fourth-order valence-corrected chi connectivity index (χ4v) is 4.49. The van der Waals surface area contributed by atoms with E-state index in [-0.39, 0.29) is 11.3 Å². The number of thiazole rings is 1. The topological polar surface area (TPSA) is 66.5 Å². The summed E-state index contributed by atoms with van der Waals surface area (Å²) in [6, 6.07) is 0. The lowest BCUT2D eigenvalue weighted by Crippen LogP contribution is -2.50. The summed E-state index contributed by atoms with van der Waals surface area (Å²) >= 11 is 1.71. The van der Waals surface area contributed by atoms with E-state index in [4.69, 9.17) is 9.72 Å². The number of aromatic nitrogens is 1. The standard InChI is InChI=1S/C17H28N4O2S/c1-23-13-17(5-8-18-9-6-17)15(22)19-7-4-14-12-24-16(20-14)21-10-2-3-11-21/h12,18H,2-11,13H2,1H3,(H,19,22). The summed E-state index contributed by atoms with van der Waals surface area (Å²) in [4.78, 5) is 19.7. The third-order valence-corrected chi connectivity index (χ3v) is 6.00. The minimum Gasteiger partial charge on any atom is -0.384 e. The van der Waals surface area contributed by atoms with E-state index < -0.39 is 0 Å². The van der Waals surface area contributed by atoms with Gasteiger partial charge in [-0.3, -0.25) is 4.79 Å². The van der Waals surface area contributed by atoms with Gasteiger partial charge in [0.1, 0.15) is 0 Å². The van der Waals surface area contributed by atoms with E-state index >= 15 is 0 Å². The lowest BCUT2D eigenvalue weighted by molar-refractivity contribution is -0.136. The third-order valence-electron chi connectivity index (χ3n) is 5.05. The van der Waals surface area contributed by atoms with Crippen LogP contribution < -0.4 is 15.5 Å². The molecular weight excluding hydrogens is 324 g/mol. The number of anilines is 1. The van der Waals surface area contributed by atoms with Gasteiger partial charge in [0, 0.05) is 38.5 Å². The van der Waals surface area contributed by atoms with E-state index in [1.807, 2.05) is 0 Å². The van der Waals surface area contributed by atoms with Crippen LogP contribution in [0, 0.1) is 5.41 Å². The first-order chi connectivity index (χ1) is 11.7. The Hall–Kier alpha value is -1.18. The van der Waals surface area contributed by atoms with Crippen LogP contribution in [0.1, 0.15) is 31.4 Å². The van der Waals surface area contributed by atoms with Gasteiger partial charge in [-0.05, 0) is 38.8 Å². The summed E-state index contributed by atoms with van der Waals surface area (Å²) in [7, 11) is 1.67. The monoisotopic (exact) mass is 352 g/mol. The minimum atomic E-state index is -0.372. The molecule has 3 heterocycles. The second-order valence-corrected chi connectivity index (χ2v) is 7.62. The lowest BCUT2D eigenvalue weighted by Gasteiger charge is -2.35. The number of amides is 1. The first-order valence-electron chi connectivity index (χ1n) is 8.91. The van der Waals surface area contributed by atoms with Crippen LogP contribution in [0.25, 0.3) is 0 Å². The van der Waals surface area contributed by atoms with Gasteiger partial charge in [-0.25, -0.2) is 4.98 Å². The highest BCUT2D eigenvalue weighted by Gasteiger charge is 2.39. The van der Waals surface area contributed by atoms with Crippen LogP contribution in [-0.4, -0.2) is 57.3 Å². The van der Waals surface area contributed by atoms with Gasteiger partial charge in [0.25, 0.3) is 0 Å². The average Bonchev–Trinajstić information content (AvgIpc) is 3.27. The van der Waals surface area contributed by atoms with Crippen molar-refractivity contribution in [2.24, 2.45) is 5.41 Å². The van der Waals surface area contributed by atoms with Gasteiger partial charge in [-0.1, -0.05) is 0 Å². The summed E-state index contributed by atoms with van der Waals surface area (Å²) < 4.78 is 5.33. The Morgan fingerprint density at radius 2 is 2.17 bits per heavy atom. The molecular formula is C17H28N4O2S. The number of hydrogen-bond acceptors (Lipinski definition) is 6. The Morgan fingerprint density at radius 1 is 1.42 bits per heavy atom. The molecule has 1 amide bonds. The third kappa shape index (κ3) is 4.07. The summed E-state index contributed by atoms with van der Waals surface area (Å²) in [6.07, 6.45) is 4.99. The maximum Gasteiger partial charge on any atom is 0.228 e. The highest BCUT2D eigenvalue weighted by molar-refractivity contribution is 7.13. The summed E-state index contributed by atoms with van der Waals surface area (Å²) in [6.45, 7) is 5.13.